The highest BCUT2D eigenvalue weighted by Crippen LogP contribution is 1.97. The van der Waals surface area contributed by atoms with Gasteiger partial charge in [-0.05, 0) is 19.4 Å². The average Bonchev–Trinajstić information content (AvgIpc) is 2.05. The van der Waals surface area contributed by atoms with Gasteiger partial charge in [-0.2, -0.15) is 0 Å². The summed E-state index contributed by atoms with van der Waals surface area (Å²) in [7, 11) is 0. The van der Waals surface area contributed by atoms with Crippen LogP contribution in [0.25, 0.3) is 0 Å². The molecule has 0 aliphatic carbocycles. The highest BCUT2D eigenvalue weighted by Gasteiger charge is 2.07. The molecule has 0 aromatic carbocycles. The summed E-state index contributed by atoms with van der Waals surface area (Å²) < 4.78 is 0. The Morgan fingerprint density at radius 3 is 2.77 bits per heavy atom. The van der Waals surface area contributed by atoms with Gasteiger partial charge in [0.25, 0.3) is 0 Å². The van der Waals surface area contributed by atoms with E-state index in [1.165, 1.54) is 0 Å². The highest BCUT2D eigenvalue weighted by atomic mass is 16.1. The lowest BCUT2D eigenvalue weighted by Gasteiger charge is -2.09. The Bertz CT molecular complexity index is 139. The maximum Gasteiger partial charge on any atom is 0.221 e. The van der Waals surface area contributed by atoms with Crippen molar-refractivity contribution in [2.45, 2.75) is 38.6 Å². The van der Waals surface area contributed by atoms with E-state index >= 15 is 0 Å². The topological polar surface area (TPSA) is 81.1 Å². The molecule has 0 aliphatic heterocycles. The van der Waals surface area contributed by atoms with Crippen LogP contribution in [0.5, 0.6) is 0 Å². The van der Waals surface area contributed by atoms with Crippen LogP contribution in [0.15, 0.2) is 0 Å². The third-order valence-electron chi connectivity index (χ3n) is 1.81. The van der Waals surface area contributed by atoms with Crippen LogP contribution in [0.3, 0.4) is 0 Å². The Balaban J connectivity index is 3.38. The van der Waals surface area contributed by atoms with E-state index in [4.69, 9.17) is 11.5 Å². The first kappa shape index (κ1) is 12.4. The summed E-state index contributed by atoms with van der Waals surface area (Å²) in [5.41, 5.74) is 11.0. The van der Waals surface area contributed by atoms with Crippen molar-refractivity contribution < 1.29 is 4.79 Å². The van der Waals surface area contributed by atoms with Gasteiger partial charge in [-0.3, -0.25) is 4.79 Å². The van der Waals surface area contributed by atoms with Crippen molar-refractivity contribution in [1.29, 1.82) is 0 Å². The molecule has 0 aromatic rings. The van der Waals surface area contributed by atoms with Gasteiger partial charge in [-0.15, -0.1) is 0 Å². The molecule has 0 bridgehead atoms. The van der Waals surface area contributed by atoms with E-state index in [9.17, 15) is 4.79 Å². The molecule has 0 aliphatic rings. The molecule has 78 valence electrons. The van der Waals surface area contributed by atoms with Gasteiger partial charge in [0.15, 0.2) is 0 Å². The number of amides is 1. The third-order valence-corrected chi connectivity index (χ3v) is 1.81. The fourth-order valence-corrected chi connectivity index (χ4v) is 1.11. The largest absolute Gasteiger partial charge is 0.356 e. The first-order valence-corrected chi connectivity index (χ1v) is 4.93. The zero-order valence-electron chi connectivity index (χ0n) is 8.38. The molecular weight excluding hydrogens is 166 g/mol. The van der Waals surface area contributed by atoms with Gasteiger partial charge in [0.05, 0.1) is 0 Å². The molecule has 0 fully saturated rings. The molecule has 1 unspecified atom stereocenters. The van der Waals surface area contributed by atoms with Crippen LogP contribution < -0.4 is 16.8 Å². The summed E-state index contributed by atoms with van der Waals surface area (Å²) in [6.45, 7) is 3.33. The van der Waals surface area contributed by atoms with Crippen molar-refractivity contribution in [3.05, 3.63) is 0 Å². The number of hydrogen-bond acceptors (Lipinski definition) is 3. The lowest BCUT2D eigenvalue weighted by Crippen LogP contribution is -2.32. The Hall–Kier alpha value is -0.610. The molecule has 13 heavy (non-hydrogen) atoms. The molecule has 0 aromatic heterocycles. The zero-order chi connectivity index (χ0) is 10.1. The zero-order valence-corrected chi connectivity index (χ0v) is 8.38. The average molecular weight is 187 g/mol. The van der Waals surface area contributed by atoms with Gasteiger partial charge in [-0.25, -0.2) is 0 Å². The second-order valence-corrected chi connectivity index (χ2v) is 3.25. The minimum Gasteiger partial charge on any atom is -0.356 e. The highest BCUT2D eigenvalue weighted by molar-refractivity contribution is 5.76. The van der Waals surface area contributed by atoms with E-state index in [2.05, 4.69) is 12.2 Å². The van der Waals surface area contributed by atoms with E-state index in [1.54, 1.807) is 0 Å². The maximum atomic E-state index is 11.2. The molecule has 1 atom stereocenters. The minimum atomic E-state index is 0.00266. The number of nitrogens with one attached hydrogen (secondary N) is 1. The fraction of sp³-hybridized carbons (Fsp3) is 0.889. The van der Waals surface area contributed by atoms with Crippen molar-refractivity contribution in [2.24, 2.45) is 11.5 Å². The van der Waals surface area contributed by atoms with Gasteiger partial charge in [-0.1, -0.05) is 13.3 Å². The summed E-state index contributed by atoms with van der Waals surface area (Å²) in [6, 6.07) is 0.00266. The molecule has 0 rings (SSSR count). The quantitative estimate of drug-likeness (QED) is 0.489. The normalized spacial score (nSPS) is 12.5. The van der Waals surface area contributed by atoms with Gasteiger partial charge < -0.3 is 16.8 Å². The molecule has 1 amide bonds. The molecule has 4 heteroatoms. The number of nitrogens with two attached hydrogens (primary N) is 2. The summed E-state index contributed by atoms with van der Waals surface area (Å²) in [4.78, 5) is 11.2. The summed E-state index contributed by atoms with van der Waals surface area (Å²) in [5, 5.41) is 2.77. The molecule has 4 nitrogen and oxygen atoms in total. The van der Waals surface area contributed by atoms with Crippen LogP contribution in [0, 0.1) is 0 Å². The number of rotatable bonds is 7. The van der Waals surface area contributed by atoms with Gasteiger partial charge in [0.1, 0.15) is 0 Å². The van der Waals surface area contributed by atoms with Crippen LogP contribution in [-0.4, -0.2) is 25.0 Å². The summed E-state index contributed by atoms with van der Waals surface area (Å²) in [6.07, 6.45) is 3.19. The lowest BCUT2D eigenvalue weighted by atomic mass is 10.1. The Morgan fingerprint density at radius 1 is 1.54 bits per heavy atom. The SMILES string of the molecule is CCCC(N)CC(=O)NCCCN. The third kappa shape index (κ3) is 7.74. The van der Waals surface area contributed by atoms with Crippen molar-refractivity contribution in [3.8, 4) is 0 Å². The number of hydrogen-bond donors (Lipinski definition) is 3. The Kier molecular flexibility index (Phi) is 7.63. The lowest BCUT2D eigenvalue weighted by molar-refractivity contribution is -0.121. The predicted molar refractivity (Wildman–Crippen MR) is 54.2 cm³/mol. The van der Waals surface area contributed by atoms with Crippen molar-refractivity contribution in [2.75, 3.05) is 13.1 Å². The van der Waals surface area contributed by atoms with Gasteiger partial charge >= 0.3 is 0 Å². The van der Waals surface area contributed by atoms with Gasteiger partial charge in [0, 0.05) is 19.0 Å². The maximum absolute atomic E-state index is 11.2. The second kappa shape index (κ2) is 8.01. The van der Waals surface area contributed by atoms with Crippen LogP contribution in [0.1, 0.15) is 32.6 Å². The molecule has 0 saturated carbocycles. The minimum absolute atomic E-state index is 0.00266. The summed E-state index contributed by atoms with van der Waals surface area (Å²) >= 11 is 0. The smallest absolute Gasteiger partial charge is 0.221 e. The first-order valence-electron chi connectivity index (χ1n) is 4.93. The van der Waals surface area contributed by atoms with Crippen molar-refractivity contribution in [3.63, 3.8) is 0 Å². The van der Waals surface area contributed by atoms with E-state index < -0.39 is 0 Å². The Labute approximate surface area is 80.0 Å². The van der Waals surface area contributed by atoms with Crippen LogP contribution >= 0.6 is 0 Å². The molecular formula is C9H21N3O. The standard InChI is InChI=1S/C9H21N3O/c1-2-4-8(11)7-9(13)12-6-3-5-10/h8H,2-7,10-11H2,1H3,(H,12,13). The van der Waals surface area contributed by atoms with Crippen LogP contribution in [-0.2, 0) is 4.79 Å². The van der Waals surface area contributed by atoms with Gasteiger partial charge in [0.2, 0.25) is 5.91 Å². The fourth-order valence-electron chi connectivity index (χ4n) is 1.11. The molecule has 0 radical (unpaired) electrons. The molecule has 5 N–H and O–H groups in total. The predicted octanol–water partition coefficient (Wildman–Crippen LogP) is -0.0311. The first-order chi connectivity index (χ1) is 6.20. The van der Waals surface area contributed by atoms with E-state index in [0.29, 0.717) is 19.5 Å². The van der Waals surface area contributed by atoms with Crippen LogP contribution in [0.4, 0.5) is 0 Å². The number of carbonyl (C=O) groups excluding carboxylic acids is 1. The monoisotopic (exact) mass is 187 g/mol. The van der Waals surface area contributed by atoms with Crippen molar-refractivity contribution >= 4 is 5.91 Å². The van der Waals surface area contributed by atoms with Crippen molar-refractivity contribution in [1.82, 2.24) is 5.32 Å². The number of carbonyl (C=O) groups is 1. The molecule has 0 spiro atoms. The van der Waals surface area contributed by atoms with E-state index in [1.807, 2.05) is 0 Å². The van der Waals surface area contributed by atoms with Crippen LogP contribution in [0.2, 0.25) is 0 Å². The second-order valence-electron chi connectivity index (χ2n) is 3.25. The molecule has 0 heterocycles. The summed E-state index contributed by atoms with van der Waals surface area (Å²) in [5.74, 6) is 0.0365. The van der Waals surface area contributed by atoms with E-state index in [-0.39, 0.29) is 11.9 Å². The van der Waals surface area contributed by atoms with E-state index in [0.717, 1.165) is 19.3 Å². The molecule has 0 saturated heterocycles. The Morgan fingerprint density at radius 2 is 2.23 bits per heavy atom.